The lowest BCUT2D eigenvalue weighted by Crippen LogP contribution is -2.55. The van der Waals surface area contributed by atoms with Crippen LogP contribution in [0.25, 0.3) is 0 Å². The molecule has 0 aromatic heterocycles. The molecule has 0 saturated heterocycles. The Morgan fingerprint density at radius 2 is 1.81 bits per heavy atom. The first-order valence-corrected chi connectivity index (χ1v) is 12.7. The van der Waals surface area contributed by atoms with Gasteiger partial charge in [0.2, 0.25) is 0 Å². The number of ketones is 1. The number of carbonyl (C=O) groups excluding carboxylic acids is 2. The van der Waals surface area contributed by atoms with Crippen molar-refractivity contribution in [2.45, 2.75) is 98.3 Å². The molecular weight excluding hydrogens is 386 g/mol. The van der Waals surface area contributed by atoms with Crippen molar-refractivity contribution < 1.29 is 14.4 Å². The second-order valence-corrected chi connectivity index (χ2v) is 11.8. The van der Waals surface area contributed by atoms with E-state index in [0.29, 0.717) is 23.5 Å². The molecule has 0 spiro atoms. The largest absolute Gasteiger partial charge is 0.331 e. The van der Waals surface area contributed by atoms with Gasteiger partial charge in [-0.05, 0) is 105 Å². The fourth-order valence-electron chi connectivity index (χ4n) is 9.56. The van der Waals surface area contributed by atoms with Crippen molar-refractivity contribution in [1.29, 1.82) is 0 Å². The van der Waals surface area contributed by atoms with Crippen molar-refractivity contribution in [3.63, 3.8) is 0 Å². The summed E-state index contributed by atoms with van der Waals surface area (Å²) in [4.78, 5) is 29.3. The summed E-state index contributed by atoms with van der Waals surface area (Å²) in [6, 6.07) is 0. The minimum Gasteiger partial charge on any atom is -0.318 e. The first-order valence-electron chi connectivity index (χ1n) is 12.7. The van der Waals surface area contributed by atoms with Gasteiger partial charge in [0.25, 0.3) is 0 Å². The van der Waals surface area contributed by atoms with E-state index in [1.54, 1.807) is 0 Å². The van der Waals surface area contributed by atoms with Gasteiger partial charge in [0.15, 0.2) is 0 Å². The summed E-state index contributed by atoms with van der Waals surface area (Å²) in [5, 5.41) is 4.10. The predicted molar refractivity (Wildman–Crippen MR) is 121 cm³/mol. The number of nitrogens with zero attached hydrogens (tertiary/aromatic N) is 1. The van der Waals surface area contributed by atoms with Crippen molar-refractivity contribution in [1.82, 2.24) is 0 Å². The van der Waals surface area contributed by atoms with Crippen molar-refractivity contribution in [2.24, 2.45) is 45.1 Å². The van der Waals surface area contributed by atoms with Crippen LogP contribution in [-0.2, 0) is 14.4 Å². The first kappa shape index (κ1) is 21.4. The molecule has 0 N–H and O–H groups in total. The van der Waals surface area contributed by atoms with Crippen LogP contribution in [0, 0.1) is 39.9 Å². The van der Waals surface area contributed by atoms with Crippen LogP contribution >= 0.6 is 0 Å². The van der Waals surface area contributed by atoms with E-state index in [2.05, 4.69) is 25.1 Å². The summed E-state index contributed by atoms with van der Waals surface area (Å²) in [5.74, 6) is 2.92. The molecule has 5 rings (SSSR count). The van der Waals surface area contributed by atoms with Crippen LogP contribution in [0.4, 0.5) is 0 Å². The van der Waals surface area contributed by atoms with E-state index >= 15 is 0 Å². The minimum atomic E-state index is -0.350. The molecule has 5 aliphatic carbocycles. The molecule has 31 heavy (non-hydrogen) atoms. The SMILES string of the molecule is CC(=O)O/N=C1\C=C2CC[C@H]3[C@H](CC[C@@]4(C)[C@H]3C[C@H]3CCCC[C@]34C(C)=O)[C@@]2(C)CC1. The maximum absolute atomic E-state index is 13.2. The maximum atomic E-state index is 13.2. The summed E-state index contributed by atoms with van der Waals surface area (Å²) in [6.07, 6.45) is 15.3. The number of fused-ring (bicyclic) bond motifs is 7. The second-order valence-electron chi connectivity index (χ2n) is 11.8. The highest BCUT2D eigenvalue weighted by atomic mass is 16.7. The highest BCUT2D eigenvalue weighted by Crippen LogP contribution is 2.74. The lowest BCUT2D eigenvalue weighted by molar-refractivity contribution is -0.147. The van der Waals surface area contributed by atoms with Crippen molar-refractivity contribution >= 4 is 17.5 Å². The topological polar surface area (TPSA) is 55.7 Å². The molecule has 0 aliphatic heterocycles. The van der Waals surface area contributed by atoms with Gasteiger partial charge < -0.3 is 4.84 Å². The molecule has 4 heteroatoms. The second kappa shape index (κ2) is 7.28. The predicted octanol–water partition coefficient (Wildman–Crippen LogP) is 6.24. The summed E-state index contributed by atoms with van der Waals surface area (Å²) in [7, 11) is 0. The number of carbonyl (C=O) groups is 2. The number of hydrogen-bond donors (Lipinski definition) is 0. The number of oxime groups is 1. The number of allylic oxidation sites excluding steroid dienone is 2. The van der Waals surface area contributed by atoms with Gasteiger partial charge in [-0.2, -0.15) is 0 Å². The lowest BCUT2D eigenvalue weighted by Gasteiger charge is -2.60. The standard InChI is InChI=1S/C27H39NO3/c1-17(29)27-12-6-5-7-20(27)16-24-22-9-8-19-15-21(28-31-18(2)30)10-13-25(19,3)23(22)11-14-26(24,27)4/h15,20,22-24H,5-14,16H2,1-4H3/b28-21-/t20-,22+,23+,24+,25+,26+,27+/m1/s1. The quantitative estimate of drug-likeness (QED) is 0.388. The zero-order valence-corrected chi connectivity index (χ0v) is 19.8. The van der Waals surface area contributed by atoms with Crippen LogP contribution in [0.5, 0.6) is 0 Å². The molecule has 0 aromatic carbocycles. The van der Waals surface area contributed by atoms with Gasteiger partial charge in [0.1, 0.15) is 5.78 Å². The lowest BCUT2D eigenvalue weighted by atomic mass is 9.44. The van der Waals surface area contributed by atoms with Gasteiger partial charge in [-0.3, -0.25) is 4.79 Å². The maximum Gasteiger partial charge on any atom is 0.331 e. The average molecular weight is 426 g/mol. The average Bonchev–Trinajstić information content (AvgIpc) is 3.02. The van der Waals surface area contributed by atoms with E-state index in [1.807, 2.05) is 6.92 Å². The van der Waals surface area contributed by atoms with Gasteiger partial charge in [-0.25, -0.2) is 4.79 Å². The molecule has 0 bridgehead atoms. The van der Waals surface area contributed by atoms with Gasteiger partial charge in [-0.15, -0.1) is 0 Å². The Balaban J connectivity index is 1.46. The van der Waals surface area contributed by atoms with E-state index in [4.69, 9.17) is 4.84 Å². The smallest absolute Gasteiger partial charge is 0.318 e. The summed E-state index contributed by atoms with van der Waals surface area (Å²) in [5.41, 5.74) is 2.82. The van der Waals surface area contributed by atoms with Crippen LogP contribution in [0.3, 0.4) is 0 Å². The Bertz CT molecular complexity index is 859. The van der Waals surface area contributed by atoms with Crippen molar-refractivity contribution in [3.05, 3.63) is 11.6 Å². The van der Waals surface area contributed by atoms with E-state index in [1.165, 1.54) is 57.4 Å². The number of rotatable bonds is 2. The van der Waals surface area contributed by atoms with E-state index in [0.717, 1.165) is 37.3 Å². The Hall–Kier alpha value is -1.45. The third-order valence-corrected chi connectivity index (χ3v) is 10.9. The molecule has 0 amide bonds. The number of hydrogen-bond acceptors (Lipinski definition) is 4. The Morgan fingerprint density at radius 3 is 2.55 bits per heavy atom. The van der Waals surface area contributed by atoms with Crippen LogP contribution in [0.15, 0.2) is 16.8 Å². The summed E-state index contributed by atoms with van der Waals surface area (Å²) < 4.78 is 0. The minimum absolute atomic E-state index is 0.0473. The summed E-state index contributed by atoms with van der Waals surface area (Å²) in [6.45, 7) is 8.32. The van der Waals surface area contributed by atoms with Crippen molar-refractivity contribution in [2.75, 3.05) is 0 Å². The van der Waals surface area contributed by atoms with Gasteiger partial charge in [-0.1, -0.05) is 37.4 Å². The van der Waals surface area contributed by atoms with E-state index in [-0.39, 0.29) is 22.2 Å². The van der Waals surface area contributed by atoms with Crippen LogP contribution in [0.1, 0.15) is 98.3 Å². The Kier molecular flexibility index (Phi) is 5.03. The fraction of sp³-hybridized carbons (Fsp3) is 0.815. The van der Waals surface area contributed by atoms with E-state index in [9.17, 15) is 9.59 Å². The Labute approximate surface area is 187 Å². The number of Topliss-reactive ketones (excluding diaryl/α,β-unsaturated/α-hetero) is 1. The molecule has 4 nitrogen and oxygen atoms in total. The Morgan fingerprint density at radius 1 is 1.00 bits per heavy atom. The zero-order chi connectivity index (χ0) is 22.0. The molecule has 7 atom stereocenters. The van der Waals surface area contributed by atoms with Crippen molar-refractivity contribution in [3.8, 4) is 0 Å². The molecule has 0 unspecified atom stereocenters. The normalized spacial score (nSPS) is 47.5. The molecule has 170 valence electrons. The molecule has 0 heterocycles. The van der Waals surface area contributed by atoms with Gasteiger partial charge in [0.05, 0.1) is 5.71 Å². The summed E-state index contributed by atoms with van der Waals surface area (Å²) >= 11 is 0. The van der Waals surface area contributed by atoms with Gasteiger partial charge in [0, 0.05) is 12.3 Å². The molecule has 5 aliphatic rings. The zero-order valence-electron chi connectivity index (χ0n) is 19.8. The fourth-order valence-corrected chi connectivity index (χ4v) is 9.56. The first-order chi connectivity index (χ1) is 14.7. The highest BCUT2D eigenvalue weighted by Gasteiger charge is 2.69. The molecule has 0 aromatic rings. The van der Waals surface area contributed by atoms with Crippen LogP contribution < -0.4 is 0 Å². The van der Waals surface area contributed by atoms with E-state index < -0.39 is 0 Å². The van der Waals surface area contributed by atoms with Crippen LogP contribution in [-0.4, -0.2) is 17.5 Å². The molecule has 4 fully saturated rings. The van der Waals surface area contributed by atoms with Crippen LogP contribution in [0.2, 0.25) is 0 Å². The monoisotopic (exact) mass is 425 g/mol. The molecular formula is C27H39NO3. The highest BCUT2D eigenvalue weighted by molar-refractivity contribution is 5.96. The molecule has 0 radical (unpaired) electrons. The molecule has 4 saturated carbocycles. The van der Waals surface area contributed by atoms with Gasteiger partial charge >= 0.3 is 5.97 Å². The third-order valence-electron chi connectivity index (χ3n) is 10.9. The third kappa shape index (κ3) is 2.88.